The van der Waals surface area contributed by atoms with Crippen LogP contribution in [0.3, 0.4) is 0 Å². The second-order valence-electron chi connectivity index (χ2n) is 6.31. The smallest absolute Gasteiger partial charge is 0.321 e. The van der Waals surface area contributed by atoms with E-state index in [-0.39, 0.29) is 11.6 Å². The number of rotatable bonds is 5. The van der Waals surface area contributed by atoms with Crippen molar-refractivity contribution in [2.45, 2.75) is 0 Å². The molecule has 2 aromatic carbocycles. The predicted octanol–water partition coefficient (Wildman–Crippen LogP) is 3.88. The molecule has 29 heavy (non-hydrogen) atoms. The van der Waals surface area contributed by atoms with Crippen LogP contribution in [0.4, 0.5) is 10.5 Å². The number of primary amides is 1. The van der Waals surface area contributed by atoms with E-state index in [0.29, 0.717) is 38.9 Å². The van der Waals surface area contributed by atoms with Crippen LogP contribution in [0.1, 0.15) is 10.4 Å². The van der Waals surface area contributed by atoms with Crippen LogP contribution >= 0.6 is 11.6 Å². The average molecular weight is 415 g/mol. The monoisotopic (exact) mass is 414 g/mol. The van der Waals surface area contributed by atoms with E-state index in [4.69, 9.17) is 26.8 Å². The number of carbonyl (C=O) groups is 2. The number of anilines is 1. The molecule has 0 spiro atoms. The van der Waals surface area contributed by atoms with Gasteiger partial charge < -0.3 is 25.4 Å². The van der Waals surface area contributed by atoms with Gasteiger partial charge in [-0.05, 0) is 24.3 Å². The van der Waals surface area contributed by atoms with E-state index < -0.39 is 5.91 Å². The summed E-state index contributed by atoms with van der Waals surface area (Å²) in [6, 6.07) is 9.45. The maximum absolute atomic E-state index is 11.8. The summed E-state index contributed by atoms with van der Waals surface area (Å²) in [5.74, 6) is 0.615. The SMILES string of the molecule is COc1cc2nccc(Oc3ccc(NC(=O)N(C)C)c(Cl)c3)c2cc1C(N)=O. The molecule has 150 valence electrons. The van der Waals surface area contributed by atoms with Crippen LogP contribution in [0.25, 0.3) is 10.9 Å². The quantitative estimate of drug-likeness (QED) is 0.658. The standard InChI is InChI=1S/C20H19ClN4O4/c1-25(2)20(27)24-15-5-4-11(8-14(15)21)29-17-6-7-23-16-10-18(28-3)13(19(22)26)9-12(16)17/h4-10H,1-3H3,(H2,22,26)(H,24,27). The zero-order valence-electron chi connectivity index (χ0n) is 16.0. The summed E-state index contributed by atoms with van der Waals surface area (Å²) in [5, 5.41) is 3.59. The van der Waals surface area contributed by atoms with Crippen LogP contribution in [-0.2, 0) is 0 Å². The Balaban J connectivity index is 1.96. The Bertz CT molecular complexity index is 1100. The number of aromatic nitrogens is 1. The summed E-state index contributed by atoms with van der Waals surface area (Å²) in [6.45, 7) is 0. The van der Waals surface area contributed by atoms with Crippen molar-refractivity contribution in [2.24, 2.45) is 5.73 Å². The average Bonchev–Trinajstić information content (AvgIpc) is 2.69. The number of urea groups is 1. The molecule has 0 saturated heterocycles. The maximum Gasteiger partial charge on any atom is 0.321 e. The predicted molar refractivity (Wildman–Crippen MR) is 111 cm³/mol. The van der Waals surface area contributed by atoms with Gasteiger partial charge in [0.2, 0.25) is 0 Å². The number of pyridine rings is 1. The number of benzene rings is 2. The molecule has 3 rings (SSSR count). The Morgan fingerprint density at radius 1 is 1.14 bits per heavy atom. The summed E-state index contributed by atoms with van der Waals surface area (Å²) >= 11 is 6.27. The van der Waals surface area contributed by atoms with Gasteiger partial charge in [-0.1, -0.05) is 11.6 Å². The number of carbonyl (C=O) groups excluding carboxylic acids is 2. The minimum Gasteiger partial charge on any atom is -0.496 e. The lowest BCUT2D eigenvalue weighted by molar-refractivity contribution is 0.0997. The van der Waals surface area contributed by atoms with Crippen molar-refractivity contribution in [1.82, 2.24) is 9.88 Å². The fourth-order valence-corrected chi connectivity index (χ4v) is 2.83. The zero-order valence-corrected chi connectivity index (χ0v) is 16.8. The number of fused-ring (bicyclic) bond motifs is 1. The van der Waals surface area contributed by atoms with Gasteiger partial charge in [-0.3, -0.25) is 9.78 Å². The van der Waals surface area contributed by atoms with Crippen LogP contribution in [0.15, 0.2) is 42.6 Å². The van der Waals surface area contributed by atoms with Gasteiger partial charge in [-0.25, -0.2) is 4.79 Å². The van der Waals surface area contributed by atoms with Crippen LogP contribution < -0.4 is 20.5 Å². The second kappa shape index (κ2) is 8.24. The largest absolute Gasteiger partial charge is 0.496 e. The molecule has 0 atom stereocenters. The molecule has 0 saturated carbocycles. The Kier molecular flexibility index (Phi) is 5.74. The summed E-state index contributed by atoms with van der Waals surface area (Å²) < 4.78 is 11.2. The first-order valence-corrected chi connectivity index (χ1v) is 8.90. The highest BCUT2D eigenvalue weighted by molar-refractivity contribution is 6.33. The number of nitrogens with one attached hydrogen (secondary N) is 1. The van der Waals surface area contributed by atoms with Gasteiger partial charge in [0, 0.05) is 37.8 Å². The van der Waals surface area contributed by atoms with Gasteiger partial charge in [-0.15, -0.1) is 0 Å². The lowest BCUT2D eigenvalue weighted by Gasteiger charge is -2.14. The summed E-state index contributed by atoms with van der Waals surface area (Å²) in [4.78, 5) is 29.2. The highest BCUT2D eigenvalue weighted by Gasteiger charge is 2.15. The Hall–Kier alpha value is -3.52. The van der Waals surface area contributed by atoms with E-state index in [1.165, 1.54) is 12.0 Å². The van der Waals surface area contributed by atoms with Crippen molar-refractivity contribution < 1.29 is 19.1 Å². The van der Waals surface area contributed by atoms with Crippen molar-refractivity contribution >= 4 is 40.1 Å². The topological polar surface area (TPSA) is 107 Å². The molecule has 3 N–H and O–H groups in total. The lowest BCUT2D eigenvalue weighted by Crippen LogP contribution is -2.27. The van der Waals surface area contributed by atoms with E-state index in [9.17, 15) is 9.59 Å². The molecule has 1 aromatic heterocycles. The molecule has 3 aromatic rings. The normalized spacial score (nSPS) is 10.5. The Morgan fingerprint density at radius 2 is 1.90 bits per heavy atom. The molecule has 9 heteroatoms. The summed E-state index contributed by atoms with van der Waals surface area (Å²) in [6.07, 6.45) is 1.58. The molecule has 0 bridgehead atoms. The highest BCUT2D eigenvalue weighted by Crippen LogP contribution is 2.35. The summed E-state index contributed by atoms with van der Waals surface area (Å²) in [7, 11) is 4.71. The number of hydrogen-bond acceptors (Lipinski definition) is 5. The second-order valence-corrected chi connectivity index (χ2v) is 6.72. The molecule has 1 heterocycles. The van der Waals surface area contributed by atoms with E-state index in [1.54, 1.807) is 56.7 Å². The van der Waals surface area contributed by atoms with Crippen LogP contribution in [0.2, 0.25) is 5.02 Å². The number of nitrogens with two attached hydrogens (primary N) is 1. The molecular formula is C20H19ClN4O4. The molecule has 0 aliphatic heterocycles. The van der Waals surface area contributed by atoms with E-state index in [1.807, 2.05) is 0 Å². The molecule has 0 fully saturated rings. The third-order valence-corrected chi connectivity index (χ3v) is 4.42. The number of hydrogen-bond donors (Lipinski definition) is 2. The highest BCUT2D eigenvalue weighted by atomic mass is 35.5. The maximum atomic E-state index is 11.8. The first-order chi connectivity index (χ1) is 13.8. The molecule has 8 nitrogen and oxygen atoms in total. The van der Waals surface area contributed by atoms with Crippen LogP contribution in [0.5, 0.6) is 17.2 Å². The van der Waals surface area contributed by atoms with Crippen molar-refractivity contribution in [3.05, 3.63) is 53.2 Å². The Morgan fingerprint density at radius 3 is 2.52 bits per heavy atom. The lowest BCUT2D eigenvalue weighted by atomic mass is 10.1. The number of ether oxygens (including phenoxy) is 2. The summed E-state index contributed by atoms with van der Waals surface area (Å²) in [5.41, 5.74) is 6.70. The van der Waals surface area contributed by atoms with E-state index in [0.717, 1.165) is 0 Å². The fraction of sp³-hybridized carbons (Fsp3) is 0.150. The minimum atomic E-state index is -0.623. The number of amides is 3. The first kappa shape index (κ1) is 20.2. The minimum absolute atomic E-state index is 0.220. The van der Waals surface area contributed by atoms with Crippen molar-refractivity contribution in [1.29, 1.82) is 0 Å². The van der Waals surface area contributed by atoms with Gasteiger partial charge in [-0.2, -0.15) is 0 Å². The van der Waals surface area contributed by atoms with Crippen LogP contribution in [0, 0.1) is 0 Å². The van der Waals surface area contributed by atoms with Gasteiger partial charge in [0.15, 0.2) is 0 Å². The van der Waals surface area contributed by atoms with Gasteiger partial charge >= 0.3 is 6.03 Å². The number of nitrogens with zero attached hydrogens (tertiary/aromatic N) is 2. The Labute approximate surface area is 172 Å². The molecule has 0 radical (unpaired) electrons. The molecule has 3 amide bonds. The molecule has 0 aliphatic rings. The molecular weight excluding hydrogens is 396 g/mol. The third kappa shape index (κ3) is 4.33. The fourth-order valence-electron chi connectivity index (χ4n) is 2.61. The molecule has 0 unspecified atom stereocenters. The van der Waals surface area contributed by atoms with Crippen molar-refractivity contribution in [2.75, 3.05) is 26.5 Å². The van der Waals surface area contributed by atoms with Crippen LogP contribution in [-0.4, -0.2) is 43.0 Å². The van der Waals surface area contributed by atoms with Gasteiger partial charge in [0.1, 0.15) is 17.2 Å². The zero-order chi connectivity index (χ0) is 21.1. The van der Waals surface area contributed by atoms with E-state index in [2.05, 4.69) is 10.3 Å². The first-order valence-electron chi connectivity index (χ1n) is 8.52. The molecule has 0 aliphatic carbocycles. The number of methoxy groups -OCH3 is 1. The van der Waals surface area contributed by atoms with Crippen molar-refractivity contribution in [3.63, 3.8) is 0 Å². The third-order valence-electron chi connectivity index (χ3n) is 4.10. The van der Waals surface area contributed by atoms with Gasteiger partial charge in [0.05, 0.1) is 28.9 Å². The van der Waals surface area contributed by atoms with E-state index >= 15 is 0 Å². The number of halogens is 1. The van der Waals surface area contributed by atoms with Crippen molar-refractivity contribution in [3.8, 4) is 17.2 Å². The van der Waals surface area contributed by atoms with Gasteiger partial charge in [0.25, 0.3) is 5.91 Å².